The molecule has 1 atom stereocenters. The largest absolute Gasteiger partial charge is 0.376 e. The lowest BCUT2D eigenvalue weighted by Gasteiger charge is -2.13. The average Bonchev–Trinajstić information content (AvgIpc) is 3.16. The zero-order chi connectivity index (χ0) is 13.4. The molecule has 4 rings (SSSR count). The molecule has 1 unspecified atom stereocenters. The molecular weight excluding hydrogens is 252 g/mol. The van der Waals surface area contributed by atoms with Crippen LogP contribution < -0.4 is 5.32 Å². The van der Waals surface area contributed by atoms with E-state index in [2.05, 4.69) is 25.8 Å². The third-order valence-electron chi connectivity index (χ3n) is 3.75. The third kappa shape index (κ3) is 1.91. The maximum atomic E-state index is 5.64. The number of anilines is 1. The summed E-state index contributed by atoms with van der Waals surface area (Å²) in [5.41, 5.74) is 2.90. The predicted molar refractivity (Wildman–Crippen MR) is 78.0 cm³/mol. The molecule has 3 aromatic rings. The number of imidazole rings is 1. The van der Waals surface area contributed by atoms with Gasteiger partial charge >= 0.3 is 0 Å². The minimum atomic E-state index is 0.290. The molecule has 1 N–H and O–H groups in total. The summed E-state index contributed by atoms with van der Waals surface area (Å²) in [6.45, 7) is 1.66. The molecule has 1 aromatic carbocycles. The molecule has 5 nitrogen and oxygen atoms in total. The standard InChI is InChI=1S/C15H16N4O/c1-2-6-13-12(5-1)18-14(15-16-7-8-19(13)15)17-10-11-4-3-9-20-11/h1-2,5-8,11H,3-4,9-10H2,(H,17,18). The predicted octanol–water partition coefficient (Wildman–Crippen LogP) is 2.47. The van der Waals surface area contributed by atoms with Crippen molar-refractivity contribution >= 4 is 22.5 Å². The average molecular weight is 268 g/mol. The van der Waals surface area contributed by atoms with E-state index in [1.807, 2.05) is 24.4 Å². The van der Waals surface area contributed by atoms with Crippen molar-refractivity contribution in [2.45, 2.75) is 18.9 Å². The number of ether oxygens (including phenoxy) is 1. The molecule has 2 aromatic heterocycles. The minimum absolute atomic E-state index is 0.290. The fourth-order valence-corrected chi connectivity index (χ4v) is 2.74. The van der Waals surface area contributed by atoms with E-state index in [-0.39, 0.29) is 0 Å². The van der Waals surface area contributed by atoms with Crippen molar-refractivity contribution in [1.82, 2.24) is 14.4 Å². The van der Waals surface area contributed by atoms with Crippen LogP contribution in [0, 0.1) is 0 Å². The molecular formula is C15H16N4O. The highest BCUT2D eigenvalue weighted by Gasteiger charge is 2.16. The Labute approximate surface area is 116 Å². The lowest BCUT2D eigenvalue weighted by Crippen LogP contribution is -2.19. The molecule has 0 radical (unpaired) electrons. The van der Waals surface area contributed by atoms with Gasteiger partial charge in [0.05, 0.1) is 17.1 Å². The van der Waals surface area contributed by atoms with Gasteiger partial charge in [0.25, 0.3) is 0 Å². The van der Waals surface area contributed by atoms with E-state index in [1.54, 1.807) is 6.20 Å². The first kappa shape index (κ1) is 11.7. The van der Waals surface area contributed by atoms with Crippen molar-refractivity contribution < 1.29 is 4.74 Å². The van der Waals surface area contributed by atoms with Gasteiger partial charge in [-0.1, -0.05) is 12.1 Å². The van der Waals surface area contributed by atoms with Crippen molar-refractivity contribution in [3.05, 3.63) is 36.7 Å². The number of fused-ring (bicyclic) bond motifs is 3. The summed E-state index contributed by atoms with van der Waals surface area (Å²) in [5, 5.41) is 3.39. The first-order valence-electron chi connectivity index (χ1n) is 6.99. The summed E-state index contributed by atoms with van der Waals surface area (Å²) in [5.74, 6) is 0.823. The Morgan fingerprint density at radius 2 is 2.30 bits per heavy atom. The zero-order valence-electron chi connectivity index (χ0n) is 11.1. The molecule has 0 amide bonds. The summed E-state index contributed by atoms with van der Waals surface area (Å²) in [6.07, 6.45) is 6.33. The van der Waals surface area contributed by atoms with E-state index in [9.17, 15) is 0 Å². The fourth-order valence-electron chi connectivity index (χ4n) is 2.74. The van der Waals surface area contributed by atoms with Gasteiger partial charge in [0.15, 0.2) is 11.5 Å². The maximum absolute atomic E-state index is 5.64. The Kier molecular flexibility index (Phi) is 2.77. The number of hydrogen-bond acceptors (Lipinski definition) is 4. The van der Waals surface area contributed by atoms with Gasteiger partial charge in [0.1, 0.15) is 0 Å². The third-order valence-corrected chi connectivity index (χ3v) is 3.75. The number of para-hydroxylation sites is 2. The molecule has 1 aliphatic heterocycles. The molecule has 20 heavy (non-hydrogen) atoms. The maximum Gasteiger partial charge on any atom is 0.180 e. The van der Waals surface area contributed by atoms with Gasteiger partial charge in [0, 0.05) is 25.5 Å². The second-order valence-electron chi connectivity index (χ2n) is 5.09. The number of hydrogen-bond donors (Lipinski definition) is 1. The molecule has 0 aliphatic carbocycles. The number of benzene rings is 1. The van der Waals surface area contributed by atoms with Crippen molar-refractivity contribution in [2.24, 2.45) is 0 Å². The van der Waals surface area contributed by atoms with Crippen molar-refractivity contribution in [3.63, 3.8) is 0 Å². The molecule has 0 saturated carbocycles. The van der Waals surface area contributed by atoms with Crippen molar-refractivity contribution in [1.29, 1.82) is 0 Å². The van der Waals surface area contributed by atoms with Gasteiger partial charge < -0.3 is 10.1 Å². The first-order chi connectivity index (χ1) is 9.92. The molecule has 0 bridgehead atoms. The normalized spacial score (nSPS) is 18.9. The Balaban J connectivity index is 1.74. The molecule has 102 valence electrons. The number of aromatic nitrogens is 3. The molecule has 1 fully saturated rings. The van der Waals surface area contributed by atoms with Crippen molar-refractivity contribution in [3.8, 4) is 0 Å². The number of nitrogens with one attached hydrogen (secondary N) is 1. The molecule has 5 heteroatoms. The van der Waals surface area contributed by atoms with Crippen LogP contribution in [0.4, 0.5) is 5.82 Å². The monoisotopic (exact) mass is 268 g/mol. The van der Waals surface area contributed by atoms with Gasteiger partial charge in [0.2, 0.25) is 0 Å². The number of rotatable bonds is 3. The lowest BCUT2D eigenvalue weighted by atomic mass is 10.2. The highest BCUT2D eigenvalue weighted by molar-refractivity contribution is 5.82. The lowest BCUT2D eigenvalue weighted by molar-refractivity contribution is 0.120. The molecule has 3 heterocycles. The van der Waals surface area contributed by atoms with Crippen LogP contribution in [0.1, 0.15) is 12.8 Å². The van der Waals surface area contributed by atoms with Gasteiger partial charge in [-0.3, -0.25) is 4.40 Å². The van der Waals surface area contributed by atoms with Crippen molar-refractivity contribution in [2.75, 3.05) is 18.5 Å². The van der Waals surface area contributed by atoms with Crippen LogP contribution >= 0.6 is 0 Å². The van der Waals surface area contributed by atoms with Gasteiger partial charge in [-0.2, -0.15) is 0 Å². The van der Waals surface area contributed by atoms with E-state index in [1.165, 1.54) is 0 Å². The van der Waals surface area contributed by atoms with Crippen LogP contribution in [-0.2, 0) is 4.74 Å². The summed E-state index contributed by atoms with van der Waals surface area (Å²) >= 11 is 0. The van der Waals surface area contributed by atoms with Crippen LogP contribution in [0.25, 0.3) is 16.7 Å². The molecule has 0 spiro atoms. The van der Waals surface area contributed by atoms with Crippen LogP contribution in [0.3, 0.4) is 0 Å². The van der Waals surface area contributed by atoms with E-state index in [4.69, 9.17) is 4.74 Å². The van der Waals surface area contributed by atoms with E-state index in [0.717, 1.165) is 48.5 Å². The first-order valence-corrected chi connectivity index (χ1v) is 6.99. The van der Waals surface area contributed by atoms with E-state index < -0.39 is 0 Å². The molecule has 1 aliphatic rings. The highest BCUT2D eigenvalue weighted by Crippen LogP contribution is 2.21. The van der Waals surface area contributed by atoms with E-state index in [0.29, 0.717) is 6.10 Å². The highest BCUT2D eigenvalue weighted by atomic mass is 16.5. The Morgan fingerprint density at radius 1 is 1.35 bits per heavy atom. The summed E-state index contributed by atoms with van der Waals surface area (Å²) in [4.78, 5) is 9.10. The summed E-state index contributed by atoms with van der Waals surface area (Å²) < 4.78 is 7.71. The number of nitrogens with zero attached hydrogens (tertiary/aromatic N) is 3. The SMILES string of the molecule is c1ccc2c(c1)nc(NCC1CCCO1)c1nccn12. The van der Waals surface area contributed by atoms with Crippen LogP contribution in [0.5, 0.6) is 0 Å². The second-order valence-corrected chi connectivity index (χ2v) is 5.09. The minimum Gasteiger partial charge on any atom is -0.376 e. The summed E-state index contributed by atoms with van der Waals surface area (Å²) in [6, 6.07) is 8.10. The Morgan fingerprint density at radius 3 is 3.20 bits per heavy atom. The van der Waals surface area contributed by atoms with Crippen LogP contribution in [0.2, 0.25) is 0 Å². The Hall–Kier alpha value is -2.14. The van der Waals surface area contributed by atoms with E-state index >= 15 is 0 Å². The van der Waals surface area contributed by atoms with Gasteiger partial charge in [-0.25, -0.2) is 9.97 Å². The molecule has 1 saturated heterocycles. The van der Waals surface area contributed by atoms with Gasteiger partial charge in [-0.05, 0) is 25.0 Å². The second kappa shape index (κ2) is 4.76. The summed E-state index contributed by atoms with van der Waals surface area (Å²) in [7, 11) is 0. The smallest absolute Gasteiger partial charge is 0.180 e. The van der Waals surface area contributed by atoms with Crippen LogP contribution in [0.15, 0.2) is 36.7 Å². The van der Waals surface area contributed by atoms with Gasteiger partial charge in [-0.15, -0.1) is 0 Å². The Bertz CT molecular complexity index is 746. The zero-order valence-corrected chi connectivity index (χ0v) is 11.1. The van der Waals surface area contributed by atoms with Crippen LogP contribution in [-0.4, -0.2) is 33.6 Å². The fraction of sp³-hybridized carbons (Fsp3) is 0.333. The quantitative estimate of drug-likeness (QED) is 0.793. The topological polar surface area (TPSA) is 51.5 Å².